The first-order chi connectivity index (χ1) is 15.7. The van der Waals surface area contributed by atoms with Gasteiger partial charge in [0.1, 0.15) is 5.00 Å². The molecule has 0 fully saturated rings. The zero-order valence-electron chi connectivity index (χ0n) is 18.7. The number of rotatable bonds is 9. The fraction of sp³-hybridized carbons (Fsp3) is 0.304. The number of anilines is 1. The summed E-state index contributed by atoms with van der Waals surface area (Å²) >= 11 is 1.36. The summed E-state index contributed by atoms with van der Waals surface area (Å²) in [6, 6.07) is 5.67. The molecule has 0 aliphatic carbocycles. The Morgan fingerprint density at radius 2 is 1.85 bits per heavy atom. The molecule has 176 valence electrons. The zero-order valence-corrected chi connectivity index (χ0v) is 20.3. The van der Waals surface area contributed by atoms with Crippen LogP contribution in [0.25, 0.3) is 0 Å². The van der Waals surface area contributed by atoms with E-state index >= 15 is 0 Å². The van der Waals surface area contributed by atoms with Crippen molar-refractivity contribution in [1.82, 2.24) is 9.21 Å². The molecule has 8 nitrogen and oxygen atoms in total. The standard InChI is InChI=1S/C23H27N3O5S2/c1-5-12-26(13-6-2)33(29,30)17-9-7-16(8-10-17)21(27)24-22-20(23(28)31-4)18-11-14-25(3)15-19(18)32-22/h5-10H,1-2,11-15H2,3-4H3,(H,24,27). The Bertz CT molecular complexity index is 1160. The van der Waals surface area contributed by atoms with Crippen molar-refractivity contribution >= 4 is 38.2 Å². The summed E-state index contributed by atoms with van der Waals surface area (Å²) in [6.45, 7) is 8.98. The lowest BCUT2D eigenvalue weighted by atomic mass is 10.0. The first kappa shape index (κ1) is 24.8. The maximum absolute atomic E-state index is 12.9. The summed E-state index contributed by atoms with van der Waals surface area (Å²) in [5.74, 6) is -0.927. The molecule has 10 heteroatoms. The number of nitrogens with zero attached hydrogens (tertiary/aromatic N) is 2. The number of fused-ring (bicyclic) bond motifs is 1. The van der Waals surface area contributed by atoms with E-state index in [-0.39, 0.29) is 23.5 Å². The average molecular weight is 490 g/mol. The summed E-state index contributed by atoms with van der Waals surface area (Å²) in [4.78, 5) is 28.6. The van der Waals surface area contributed by atoms with Gasteiger partial charge in [0.05, 0.1) is 17.6 Å². The lowest BCUT2D eigenvalue weighted by Crippen LogP contribution is -2.31. The third-order valence-corrected chi connectivity index (χ3v) is 8.26. The third-order valence-electron chi connectivity index (χ3n) is 5.28. The van der Waals surface area contributed by atoms with Crippen LogP contribution < -0.4 is 5.32 Å². The van der Waals surface area contributed by atoms with Crippen LogP contribution in [0.4, 0.5) is 5.00 Å². The fourth-order valence-electron chi connectivity index (χ4n) is 3.60. The van der Waals surface area contributed by atoms with Gasteiger partial charge in [-0.3, -0.25) is 4.79 Å². The molecule has 0 radical (unpaired) electrons. The molecule has 2 aromatic rings. The van der Waals surface area contributed by atoms with E-state index in [1.54, 1.807) is 0 Å². The maximum atomic E-state index is 12.9. The second-order valence-electron chi connectivity index (χ2n) is 7.57. The number of likely N-dealkylation sites (N-methyl/N-ethyl adjacent to an activating group) is 1. The number of methoxy groups -OCH3 is 1. The first-order valence-corrected chi connectivity index (χ1v) is 12.5. The van der Waals surface area contributed by atoms with Crippen molar-refractivity contribution in [2.75, 3.05) is 39.1 Å². The van der Waals surface area contributed by atoms with E-state index in [0.717, 1.165) is 17.0 Å². The zero-order chi connectivity index (χ0) is 24.2. The van der Waals surface area contributed by atoms with Crippen LogP contribution in [-0.2, 0) is 27.7 Å². The number of thiophene rings is 1. The predicted molar refractivity (Wildman–Crippen MR) is 129 cm³/mol. The van der Waals surface area contributed by atoms with Gasteiger partial charge in [-0.2, -0.15) is 4.31 Å². The smallest absolute Gasteiger partial charge is 0.341 e. The van der Waals surface area contributed by atoms with Crippen molar-refractivity contribution in [3.8, 4) is 0 Å². The van der Waals surface area contributed by atoms with Gasteiger partial charge in [0.15, 0.2) is 0 Å². The number of hydrogen-bond acceptors (Lipinski definition) is 7. The lowest BCUT2D eigenvalue weighted by molar-refractivity contribution is 0.0600. The minimum atomic E-state index is -3.76. The average Bonchev–Trinajstić information content (AvgIpc) is 3.15. The number of ether oxygens (including phenoxy) is 1. The Labute approximate surface area is 198 Å². The molecule has 2 heterocycles. The lowest BCUT2D eigenvalue weighted by Gasteiger charge is -2.22. The Kier molecular flexibility index (Phi) is 7.85. The highest BCUT2D eigenvalue weighted by atomic mass is 32.2. The van der Waals surface area contributed by atoms with Crippen molar-refractivity contribution in [2.45, 2.75) is 17.9 Å². The molecule has 1 aromatic heterocycles. The number of carbonyl (C=O) groups is 2. The van der Waals surface area contributed by atoms with Gasteiger partial charge in [-0.05, 0) is 43.3 Å². The highest BCUT2D eigenvalue weighted by molar-refractivity contribution is 7.89. The summed E-state index contributed by atoms with van der Waals surface area (Å²) < 4.78 is 31.9. The predicted octanol–water partition coefficient (Wildman–Crippen LogP) is 3.14. The Morgan fingerprint density at radius 1 is 1.21 bits per heavy atom. The minimum absolute atomic E-state index is 0.0626. The quantitative estimate of drug-likeness (QED) is 0.430. The number of hydrogen-bond donors (Lipinski definition) is 1. The first-order valence-electron chi connectivity index (χ1n) is 10.3. The van der Waals surface area contributed by atoms with E-state index in [4.69, 9.17) is 4.74 Å². The van der Waals surface area contributed by atoms with Gasteiger partial charge in [-0.1, -0.05) is 12.2 Å². The topological polar surface area (TPSA) is 96.0 Å². The van der Waals surface area contributed by atoms with E-state index in [2.05, 4.69) is 23.4 Å². The number of amides is 1. The Hall–Kier alpha value is -2.79. The number of carbonyl (C=O) groups excluding carboxylic acids is 2. The summed E-state index contributed by atoms with van der Waals surface area (Å²) in [6.07, 6.45) is 3.70. The molecule has 0 saturated carbocycles. The monoisotopic (exact) mass is 489 g/mol. The van der Waals surface area contributed by atoms with Crippen molar-refractivity contribution in [3.63, 3.8) is 0 Å². The van der Waals surface area contributed by atoms with Crippen LogP contribution >= 0.6 is 11.3 Å². The van der Waals surface area contributed by atoms with Gasteiger partial charge in [0.25, 0.3) is 5.91 Å². The Morgan fingerprint density at radius 3 is 2.42 bits per heavy atom. The van der Waals surface area contributed by atoms with Gasteiger partial charge in [0, 0.05) is 36.6 Å². The van der Waals surface area contributed by atoms with Crippen LogP contribution in [-0.4, -0.2) is 63.3 Å². The maximum Gasteiger partial charge on any atom is 0.341 e. The highest BCUT2D eigenvalue weighted by Crippen LogP contribution is 2.37. The number of nitrogens with one attached hydrogen (secondary N) is 1. The molecule has 0 spiro atoms. The molecular weight excluding hydrogens is 462 g/mol. The van der Waals surface area contributed by atoms with Crippen molar-refractivity contribution in [2.24, 2.45) is 0 Å². The summed E-state index contributed by atoms with van der Waals surface area (Å²) in [5.41, 5.74) is 1.57. The fourth-order valence-corrected chi connectivity index (χ4v) is 6.29. The molecule has 1 aromatic carbocycles. The van der Waals surface area contributed by atoms with Crippen LogP contribution in [0.15, 0.2) is 54.5 Å². The molecule has 3 rings (SSSR count). The Balaban J connectivity index is 1.85. The molecular formula is C23H27N3O5S2. The molecule has 1 aliphatic rings. The van der Waals surface area contributed by atoms with E-state index in [9.17, 15) is 18.0 Å². The largest absolute Gasteiger partial charge is 0.465 e. The number of benzene rings is 1. The second-order valence-corrected chi connectivity index (χ2v) is 10.6. The molecule has 33 heavy (non-hydrogen) atoms. The molecule has 0 bridgehead atoms. The normalized spacial score (nSPS) is 13.9. The van der Waals surface area contributed by atoms with Crippen molar-refractivity contribution < 1.29 is 22.7 Å². The SMILES string of the molecule is C=CCN(CC=C)S(=O)(=O)c1ccc(C(=O)Nc2sc3c(c2C(=O)OC)CCN(C)C3)cc1. The van der Waals surface area contributed by atoms with Crippen LogP contribution in [0.2, 0.25) is 0 Å². The summed E-state index contributed by atoms with van der Waals surface area (Å²) in [5, 5.41) is 3.25. The third kappa shape index (κ3) is 5.25. The molecule has 0 saturated heterocycles. The molecule has 1 N–H and O–H groups in total. The van der Waals surface area contributed by atoms with E-state index in [0.29, 0.717) is 23.5 Å². The molecule has 0 unspecified atom stereocenters. The van der Waals surface area contributed by atoms with Gasteiger partial charge in [-0.25, -0.2) is 13.2 Å². The highest BCUT2D eigenvalue weighted by Gasteiger charge is 2.29. The van der Waals surface area contributed by atoms with E-state index in [1.165, 1.54) is 59.2 Å². The molecule has 1 aliphatic heterocycles. The van der Waals surface area contributed by atoms with Gasteiger partial charge in [0.2, 0.25) is 10.0 Å². The molecule has 0 atom stereocenters. The van der Waals surface area contributed by atoms with E-state index < -0.39 is 21.9 Å². The number of sulfonamides is 1. The number of esters is 1. The van der Waals surface area contributed by atoms with Crippen LogP contribution in [0.1, 0.15) is 31.2 Å². The molecule has 1 amide bonds. The summed E-state index contributed by atoms with van der Waals surface area (Å²) in [7, 11) is -0.447. The van der Waals surface area contributed by atoms with Crippen LogP contribution in [0, 0.1) is 0 Å². The van der Waals surface area contributed by atoms with Crippen LogP contribution in [0.5, 0.6) is 0 Å². The van der Waals surface area contributed by atoms with Crippen LogP contribution in [0.3, 0.4) is 0 Å². The van der Waals surface area contributed by atoms with Crippen molar-refractivity contribution in [3.05, 3.63) is 71.1 Å². The van der Waals surface area contributed by atoms with Crippen molar-refractivity contribution in [1.29, 1.82) is 0 Å². The van der Waals surface area contributed by atoms with Gasteiger partial charge < -0.3 is 15.0 Å². The van der Waals surface area contributed by atoms with Gasteiger partial charge >= 0.3 is 5.97 Å². The van der Waals surface area contributed by atoms with Gasteiger partial charge in [-0.15, -0.1) is 24.5 Å². The second kappa shape index (κ2) is 10.4. The van der Waals surface area contributed by atoms with E-state index in [1.807, 2.05) is 7.05 Å². The minimum Gasteiger partial charge on any atom is -0.465 e.